The molecule has 21 heavy (non-hydrogen) atoms. The number of thiophene rings is 1. The van der Waals surface area contributed by atoms with E-state index in [0.29, 0.717) is 11.6 Å². The fraction of sp³-hybridized carbons (Fsp3) is 0.188. The van der Waals surface area contributed by atoms with E-state index in [1.54, 1.807) is 30.6 Å². The number of ether oxygens (including phenoxy) is 1. The lowest BCUT2D eigenvalue weighted by Crippen LogP contribution is -2.27. The summed E-state index contributed by atoms with van der Waals surface area (Å²) in [6.07, 6.45) is 3.04. The lowest BCUT2D eigenvalue weighted by atomic mass is 10.2. The number of halogens is 1. The molecule has 1 aromatic carbocycles. The molecule has 1 N–H and O–H groups in total. The first-order valence-corrected chi connectivity index (χ1v) is 7.78. The number of benzene rings is 1. The minimum atomic E-state index is -0.174. The van der Waals surface area contributed by atoms with Gasteiger partial charge in [-0.3, -0.25) is 4.79 Å². The van der Waals surface area contributed by atoms with Crippen LogP contribution >= 0.6 is 22.9 Å². The van der Waals surface area contributed by atoms with E-state index in [9.17, 15) is 4.79 Å². The van der Waals surface area contributed by atoms with Gasteiger partial charge >= 0.3 is 0 Å². The van der Waals surface area contributed by atoms with E-state index >= 15 is 0 Å². The minimum absolute atomic E-state index is 0.131. The molecule has 0 fully saturated rings. The molecule has 3 nitrogen and oxygen atoms in total. The molecule has 2 aromatic rings. The third kappa shape index (κ3) is 4.70. The second kappa shape index (κ2) is 7.98. The minimum Gasteiger partial charge on any atom is -0.375 e. The van der Waals surface area contributed by atoms with Crippen LogP contribution in [0.3, 0.4) is 0 Å². The van der Waals surface area contributed by atoms with Crippen LogP contribution in [0.1, 0.15) is 17.2 Å². The molecule has 2 rings (SSSR count). The summed E-state index contributed by atoms with van der Waals surface area (Å²) in [6.45, 7) is 0.429. The zero-order chi connectivity index (χ0) is 15.1. The van der Waals surface area contributed by atoms with Gasteiger partial charge in [-0.2, -0.15) is 11.3 Å². The number of methoxy groups -OCH3 is 1. The Kier molecular flexibility index (Phi) is 5.99. The molecule has 0 spiro atoms. The zero-order valence-electron chi connectivity index (χ0n) is 11.6. The number of rotatable bonds is 6. The van der Waals surface area contributed by atoms with E-state index < -0.39 is 0 Å². The van der Waals surface area contributed by atoms with Crippen molar-refractivity contribution in [2.75, 3.05) is 13.7 Å². The van der Waals surface area contributed by atoms with Crippen LogP contribution in [0, 0.1) is 0 Å². The Hall–Kier alpha value is -1.62. The van der Waals surface area contributed by atoms with Gasteiger partial charge in [0.05, 0.1) is 0 Å². The van der Waals surface area contributed by atoms with Gasteiger partial charge in [-0.25, -0.2) is 0 Å². The molecule has 1 atom stereocenters. The first kappa shape index (κ1) is 15.8. The first-order valence-electron chi connectivity index (χ1n) is 6.46. The van der Waals surface area contributed by atoms with Gasteiger partial charge in [0.25, 0.3) is 0 Å². The average Bonchev–Trinajstić information content (AvgIpc) is 3.01. The van der Waals surface area contributed by atoms with E-state index in [1.807, 2.05) is 35.0 Å². The number of nitrogens with one attached hydrogen (secondary N) is 1. The van der Waals surface area contributed by atoms with E-state index in [1.165, 1.54) is 6.08 Å². The van der Waals surface area contributed by atoms with Crippen LogP contribution in [-0.2, 0) is 9.53 Å². The molecule has 0 aliphatic rings. The Balaban J connectivity index is 1.89. The van der Waals surface area contributed by atoms with Crippen molar-refractivity contribution in [3.63, 3.8) is 0 Å². The molecule has 0 unspecified atom stereocenters. The summed E-state index contributed by atoms with van der Waals surface area (Å²) in [5, 5.41) is 7.44. The fourth-order valence-corrected chi connectivity index (χ4v) is 2.72. The predicted octanol–water partition coefficient (Wildman–Crippen LogP) is 3.92. The maximum Gasteiger partial charge on any atom is 0.244 e. The molecule has 1 aromatic heterocycles. The summed E-state index contributed by atoms with van der Waals surface area (Å²) in [7, 11) is 1.63. The molecular weight excluding hydrogens is 306 g/mol. The molecule has 1 amide bonds. The van der Waals surface area contributed by atoms with Crippen molar-refractivity contribution < 1.29 is 9.53 Å². The Morgan fingerprint density at radius 3 is 2.90 bits per heavy atom. The average molecular weight is 322 g/mol. The Morgan fingerprint density at radius 1 is 1.43 bits per heavy atom. The largest absolute Gasteiger partial charge is 0.375 e. The third-order valence-corrected chi connectivity index (χ3v) is 4.03. The van der Waals surface area contributed by atoms with Crippen molar-refractivity contribution in [1.82, 2.24) is 5.32 Å². The Morgan fingerprint density at radius 2 is 2.24 bits per heavy atom. The summed E-state index contributed by atoms with van der Waals surface area (Å²) >= 11 is 7.63. The quantitative estimate of drug-likeness (QED) is 0.819. The lowest BCUT2D eigenvalue weighted by molar-refractivity contribution is -0.117. The molecule has 0 aliphatic heterocycles. The fourth-order valence-electron chi connectivity index (χ4n) is 1.82. The van der Waals surface area contributed by atoms with E-state index in [-0.39, 0.29) is 12.0 Å². The summed E-state index contributed by atoms with van der Waals surface area (Å²) in [4.78, 5) is 11.8. The van der Waals surface area contributed by atoms with Gasteiger partial charge in [-0.15, -0.1) is 0 Å². The Bertz CT molecular complexity index is 610. The predicted molar refractivity (Wildman–Crippen MR) is 87.6 cm³/mol. The molecule has 0 aliphatic carbocycles. The van der Waals surface area contributed by atoms with Gasteiger partial charge in [-0.05, 0) is 40.1 Å². The Labute approximate surface area is 133 Å². The van der Waals surface area contributed by atoms with Crippen LogP contribution < -0.4 is 5.32 Å². The van der Waals surface area contributed by atoms with Gasteiger partial charge in [0.1, 0.15) is 6.10 Å². The van der Waals surface area contributed by atoms with Crippen LogP contribution in [0.2, 0.25) is 5.02 Å². The molecule has 5 heteroatoms. The van der Waals surface area contributed by atoms with Gasteiger partial charge in [0.15, 0.2) is 0 Å². The summed E-state index contributed by atoms with van der Waals surface area (Å²) in [5.41, 5.74) is 1.88. The topological polar surface area (TPSA) is 38.3 Å². The number of amides is 1. The third-order valence-electron chi connectivity index (χ3n) is 2.98. The molecule has 1 heterocycles. The van der Waals surface area contributed by atoms with Crippen molar-refractivity contribution in [2.45, 2.75) is 6.10 Å². The van der Waals surface area contributed by atoms with Crippen LogP contribution in [0.15, 0.2) is 47.2 Å². The van der Waals surface area contributed by atoms with Gasteiger partial charge < -0.3 is 10.1 Å². The van der Waals surface area contributed by atoms with E-state index in [4.69, 9.17) is 16.3 Å². The normalized spacial score (nSPS) is 12.5. The maximum atomic E-state index is 11.8. The number of hydrogen-bond acceptors (Lipinski definition) is 3. The van der Waals surface area contributed by atoms with Crippen molar-refractivity contribution in [2.24, 2.45) is 0 Å². The molecular formula is C16H16ClNO2S. The highest BCUT2D eigenvalue weighted by atomic mass is 35.5. The van der Waals surface area contributed by atoms with Crippen molar-refractivity contribution in [3.05, 3.63) is 63.3 Å². The van der Waals surface area contributed by atoms with Gasteiger partial charge in [-0.1, -0.05) is 29.8 Å². The van der Waals surface area contributed by atoms with Crippen molar-refractivity contribution in [1.29, 1.82) is 0 Å². The SMILES string of the molecule is CO[C@@H](CNC(=O)/C=C/c1ccccc1Cl)c1ccsc1. The molecule has 0 radical (unpaired) electrons. The van der Waals surface area contributed by atoms with Crippen LogP contribution in [-0.4, -0.2) is 19.6 Å². The van der Waals surface area contributed by atoms with Gasteiger partial charge in [0, 0.05) is 24.8 Å². The van der Waals surface area contributed by atoms with E-state index in [2.05, 4.69) is 5.32 Å². The van der Waals surface area contributed by atoms with Crippen LogP contribution in [0.5, 0.6) is 0 Å². The zero-order valence-corrected chi connectivity index (χ0v) is 13.2. The van der Waals surface area contributed by atoms with Crippen LogP contribution in [0.4, 0.5) is 0 Å². The molecule has 110 valence electrons. The van der Waals surface area contributed by atoms with Crippen molar-refractivity contribution >= 4 is 34.9 Å². The second-order valence-electron chi connectivity index (χ2n) is 4.38. The standard InChI is InChI=1S/C16H16ClNO2S/c1-20-15(13-8-9-21-11-13)10-18-16(19)7-6-12-4-2-3-5-14(12)17/h2-9,11,15H,10H2,1H3,(H,18,19)/b7-6+/t15-/m0/s1. The first-order chi connectivity index (χ1) is 10.2. The van der Waals surface area contributed by atoms with Crippen LogP contribution in [0.25, 0.3) is 6.08 Å². The second-order valence-corrected chi connectivity index (χ2v) is 5.57. The lowest BCUT2D eigenvalue weighted by Gasteiger charge is -2.14. The molecule has 0 bridgehead atoms. The van der Waals surface area contributed by atoms with E-state index in [0.717, 1.165) is 11.1 Å². The number of carbonyl (C=O) groups excluding carboxylic acids is 1. The number of hydrogen-bond donors (Lipinski definition) is 1. The maximum absolute atomic E-state index is 11.8. The molecule has 0 saturated heterocycles. The summed E-state index contributed by atoms with van der Waals surface area (Å²) in [6, 6.07) is 9.36. The summed E-state index contributed by atoms with van der Waals surface area (Å²) < 4.78 is 5.37. The smallest absolute Gasteiger partial charge is 0.244 e. The highest BCUT2D eigenvalue weighted by Crippen LogP contribution is 2.19. The highest BCUT2D eigenvalue weighted by molar-refractivity contribution is 7.07. The van der Waals surface area contributed by atoms with Gasteiger partial charge in [0.2, 0.25) is 5.91 Å². The summed E-state index contributed by atoms with van der Waals surface area (Å²) in [5.74, 6) is -0.174. The molecule has 0 saturated carbocycles. The van der Waals surface area contributed by atoms with Crippen molar-refractivity contribution in [3.8, 4) is 0 Å². The number of carbonyl (C=O) groups is 1. The highest BCUT2D eigenvalue weighted by Gasteiger charge is 2.11. The monoisotopic (exact) mass is 321 g/mol.